The molecule has 3 nitrogen and oxygen atoms in total. The van der Waals surface area contributed by atoms with Gasteiger partial charge in [-0.05, 0) is 30.5 Å². The summed E-state index contributed by atoms with van der Waals surface area (Å²) in [5.41, 5.74) is 9.74. The van der Waals surface area contributed by atoms with E-state index in [-0.39, 0.29) is 6.04 Å². The van der Waals surface area contributed by atoms with E-state index in [0.29, 0.717) is 0 Å². The number of nitrogens with zero attached hydrogens (tertiary/aromatic N) is 2. The van der Waals surface area contributed by atoms with Crippen molar-refractivity contribution in [3.63, 3.8) is 0 Å². The summed E-state index contributed by atoms with van der Waals surface area (Å²) in [5, 5.41) is 0. The molecule has 0 saturated heterocycles. The third-order valence-electron chi connectivity index (χ3n) is 2.95. The van der Waals surface area contributed by atoms with E-state index < -0.39 is 0 Å². The van der Waals surface area contributed by atoms with Crippen molar-refractivity contribution in [1.82, 2.24) is 9.55 Å². The predicted molar refractivity (Wildman–Crippen MR) is 72.9 cm³/mol. The Morgan fingerprint density at radius 1 is 1.29 bits per heavy atom. The summed E-state index contributed by atoms with van der Waals surface area (Å²) < 4.78 is 3.10. The second kappa shape index (κ2) is 4.63. The van der Waals surface area contributed by atoms with Crippen molar-refractivity contribution < 1.29 is 0 Å². The van der Waals surface area contributed by atoms with E-state index in [0.717, 1.165) is 15.9 Å². The van der Waals surface area contributed by atoms with Gasteiger partial charge >= 0.3 is 0 Å². The standard InChI is InChI=1S/C13H16BrN3/c1-8-6-10(7-9(2)11(8)14)12(15)13-16-4-5-17(13)3/h4-7,12H,15H2,1-3H3. The Hall–Kier alpha value is -1.13. The number of hydrogen-bond donors (Lipinski definition) is 1. The van der Waals surface area contributed by atoms with Gasteiger partial charge in [0.2, 0.25) is 0 Å². The molecule has 2 N–H and O–H groups in total. The third-order valence-corrected chi connectivity index (χ3v) is 4.21. The zero-order chi connectivity index (χ0) is 12.6. The lowest BCUT2D eigenvalue weighted by Gasteiger charge is -2.15. The van der Waals surface area contributed by atoms with Crippen molar-refractivity contribution in [1.29, 1.82) is 0 Å². The zero-order valence-corrected chi connectivity index (χ0v) is 11.8. The lowest BCUT2D eigenvalue weighted by atomic mass is 10.0. The number of aryl methyl sites for hydroxylation is 3. The molecule has 1 heterocycles. The van der Waals surface area contributed by atoms with Crippen molar-refractivity contribution in [2.24, 2.45) is 12.8 Å². The Morgan fingerprint density at radius 2 is 1.88 bits per heavy atom. The SMILES string of the molecule is Cc1cc(C(N)c2nccn2C)cc(C)c1Br. The Balaban J connectivity index is 2.45. The van der Waals surface area contributed by atoms with Crippen molar-refractivity contribution >= 4 is 15.9 Å². The number of hydrogen-bond acceptors (Lipinski definition) is 2. The van der Waals surface area contributed by atoms with Gasteiger partial charge in [0.1, 0.15) is 5.82 Å². The Labute approximate surface area is 110 Å². The molecule has 0 aliphatic rings. The van der Waals surface area contributed by atoms with E-state index in [1.165, 1.54) is 11.1 Å². The minimum atomic E-state index is -0.180. The fourth-order valence-electron chi connectivity index (χ4n) is 1.98. The molecule has 1 unspecified atom stereocenters. The lowest BCUT2D eigenvalue weighted by Crippen LogP contribution is -2.17. The smallest absolute Gasteiger partial charge is 0.129 e. The minimum Gasteiger partial charge on any atom is -0.336 e. The van der Waals surface area contributed by atoms with E-state index in [9.17, 15) is 0 Å². The maximum Gasteiger partial charge on any atom is 0.129 e. The van der Waals surface area contributed by atoms with E-state index in [2.05, 4.69) is 46.9 Å². The van der Waals surface area contributed by atoms with Gasteiger partial charge in [0, 0.05) is 23.9 Å². The first kappa shape index (κ1) is 12.3. The number of nitrogens with two attached hydrogens (primary N) is 1. The summed E-state index contributed by atoms with van der Waals surface area (Å²) in [5.74, 6) is 0.881. The topological polar surface area (TPSA) is 43.8 Å². The molecule has 0 saturated carbocycles. The Morgan fingerprint density at radius 3 is 2.35 bits per heavy atom. The van der Waals surface area contributed by atoms with E-state index >= 15 is 0 Å². The second-order valence-electron chi connectivity index (χ2n) is 4.34. The van der Waals surface area contributed by atoms with Gasteiger partial charge in [-0.15, -0.1) is 0 Å². The lowest BCUT2D eigenvalue weighted by molar-refractivity contribution is 0.715. The Bertz CT molecular complexity index is 522. The largest absolute Gasteiger partial charge is 0.336 e. The van der Waals surface area contributed by atoms with Crippen LogP contribution in [0.4, 0.5) is 0 Å². The molecule has 2 aromatic rings. The molecule has 1 atom stereocenters. The van der Waals surface area contributed by atoms with Crippen LogP contribution >= 0.6 is 15.9 Å². The van der Waals surface area contributed by atoms with Crippen molar-refractivity contribution in [2.45, 2.75) is 19.9 Å². The van der Waals surface area contributed by atoms with Gasteiger partial charge in [-0.1, -0.05) is 28.1 Å². The van der Waals surface area contributed by atoms with Crippen LogP contribution < -0.4 is 5.73 Å². The van der Waals surface area contributed by atoms with E-state index in [1.54, 1.807) is 6.20 Å². The number of aromatic nitrogens is 2. The molecular formula is C13H16BrN3. The van der Waals surface area contributed by atoms with Gasteiger partial charge in [0.15, 0.2) is 0 Å². The summed E-state index contributed by atoms with van der Waals surface area (Å²) in [6.45, 7) is 4.15. The number of rotatable bonds is 2. The third kappa shape index (κ3) is 2.28. The molecule has 0 fully saturated rings. The molecule has 17 heavy (non-hydrogen) atoms. The molecule has 0 radical (unpaired) electrons. The van der Waals surface area contributed by atoms with E-state index in [4.69, 9.17) is 5.73 Å². The average molecular weight is 294 g/mol. The van der Waals surface area contributed by atoms with Crippen molar-refractivity contribution in [2.75, 3.05) is 0 Å². The van der Waals surface area contributed by atoms with Crippen LogP contribution in [0.15, 0.2) is 29.0 Å². The highest BCUT2D eigenvalue weighted by molar-refractivity contribution is 9.10. The molecule has 1 aromatic heterocycles. The molecule has 4 heteroatoms. The molecule has 0 spiro atoms. The highest BCUT2D eigenvalue weighted by Crippen LogP contribution is 2.26. The average Bonchev–Trinajstić information content (AvgIpc) is 2.70. The van der Waals surface area contributed by atoms with Crippen molar-refractivity contribution in [3.05, 3.63) is 51.5 Å². The highest BCUT2D eigenvalue weighted by atomic mass is 79.9. The zero-order valence-electron chi connectivity index (χ0n) is 10.2. The molecular weight excluding hydrogens is 278 g/mol. The quantitative estimate of drug-likeness (QED) is 0.925. The molecule has 0 amide bonds. The van der Waals surface area contributed by atoms with Crippen molar-refractivity contribution in [3.8, 4) is 0 Å². The summed E-state index contributed by atoms with van der Waals surface area (Å²) in [6, 6.07) is 4.04. The second-order valence-corrected chi connectivity index (χ2v) is 5.14. The number of imidazole rings is 1. The number of halogens is 1. The van der Waals surface area contributed by atoms with Gasteiger partial charge < -0.3 is 10.3 Å². The number of benzene rings is 1. The predicted octanol–water partition coefficient (Wildman–Crippen LogP) is 2.85. The maximum absolute atomic E-state index is 6.25. The molecule has 0 aliphatic heterocycles. The van der Waals surface area contributed by atoms with Crippen LogP contribution in [0.5, 0.6) is 0 Å². The first-order chi connectivity index (χ1) is 8.00. The Kier molecular flexibility index (Phi) is 3.35. The summed E-state index contributed by atoms with van der Waals surface area (Å²) in [7, 11) is 1.96. The highest BCUT2D eigenvalue weighted by Gasteiger charge is 2.15. The van der Waals surface area contributed by atoms with Crippen LogP contribution in [0, 0.1) is 13.8 Å². The normalized spacial score (nSPS) is 12.8. The monoisotopic (exact) mass is 293 g/mol. The summed E-state index contributed by atoms with van der Waals surface area (Å²) in [6.07, 6.45) is 3.68. The molecule has 0 aliphatic carbocycles. The first-order valence-electron chi connectivity index (χ1n) is 5.50. The van der Waals surface area contributed by atoms with Gasteiger partial charge in [0.25, 0.3) is 0 Å². The van der Waals surface area contributed by atoms with Gasteiger partial charge in [-0.25, -0.2) is 4.98 Å². The minimum absolute atomic E-state index is 0.180. The fourth-order valence-corrected chi connectivity index (χ4v) is 2.21. The maximum atomic E-state index is 6.25. The van der Waals surface area contributed by atoms with Crippen LogP contribution in [0.2, 0.25) is 0 Å². The van der Waals surface area contributed by atoms with E-state index in [1.807, 2.05) is 17.8 Å². The van der Waals surface area contributed by atoms with Crippen LogP contribution in [-0.4, -0.2) is 9.55 Å². The fraction of sp³-hybridized carbons (Fsp3) is 0.308. The van der Waals surface area contributed by atoms with Crippen LogP contribution in [0.3, 0.4) is 0 Å². The molecule has 1 aromatic carbocycles. The van der Waals surface area contributed by atoms with Gasteiger partial charge in [-0.3, -0.25) is 0 Å². The first-order valence-corrected chi connectivity index (χ1v) is 6.29. The summed E-state index contributed by atoms with van der Waals surface area (Å²) in [4.78, 5) is 4.30. The van der Waals surface area contributed by atoms with Gasteiger partial charge in [-0.2, -0.15) is 0 Å². The van der Waals surface area contributed by atoms with Crippen LogP contribution in [-0.2, 0) is 7.05 Å². The molecule has 0 bridgehead atoms. The van der Waals surface area contributed by atoms with Crippen LogP contribution in [0.1, 0.15) is 28.6 Å². The summed E-state index contributed by atoms with van der Waals surface area (Å²) >= 11 is 3.56. The molecule has 90 valence electrons. The van der Waals surface area contributed by atoms with Crippen LogP contribution in [0.25, 0.3) is 0 Å². The van der Waals surface area contributed by atoms with Gasteiger partial charge in [0.05, 0.1) is 6.04 Å². The molecule has 2 rings (SSSR count).